The van der Waals surface area contributed by atoms with Crippen molar-refractivity contribution in [1.82, 2.24) is 5.32 Å². The second-order valence-corrected chi connectivity index (χ2v) is 4.99. The van der Waals surface area contributed by atoms with Crippen LogP contribution in [-0.4, -0.2) is 13.7 Å². The maximum Gasteiger partial charge on any atom is 0.124 e. The van der Waals surface area contributed by atoms with Crippen molar-refractivity contribution < 1.29 is 9.13 Å². The number of halogens is 1. The van der Waals surface area contributed by atoms with E-state index in [2.05, 4.69) is 12.2 Å². The first-order chi connectivity index (χ1) is 8.26. The Morgan fingerprint density at radius 2 is 2.24 bits per heavy atom. The van der Waals surface area contributed by atoms with Gasteiger partial charge in [-0.15, -0.1) is 11.3 Å². The molecule has 2 aromatic rings. The molecule has 2 nitrogen and oxygen atoms in total. The summed E-state index contributed by atoms with van der Waals surface area (Å²) in [6, 6.07) is 4.94. The van der Waals surface area contributed by atoms with Crippen molar-refractivity contribution in [2.24, 2.45) is 0 Å². The van der Waals surface area contributed by atoms with E-state index >= 15 is 0 Å². The first-order valence-corrected chi connectivity index (χ1v) is 6.47. The summed E-state index contributed by atoms with van der Waals surface area (Å²) in [5, 5.41) is 4.40. The number of benzene rings is 1. The van der Waals surface area contributed by atoms with Gasteiger partial charge in [0.25, 0.3) is 0 Å². The Hall–Kier alpha value is -0.970. The zero-order valence-corrected chi connectivity index (χ0v) is 10.9. The van der Waals surface area contributed by atoms with E-state index in [4.69, 9.17) is 4.74 Å². The molecule has 0 amide bonds. The van der Waals surface area contributed by atoms with Crippen molar-refractivity contribution in [3.63, 3.8) is 0 Å². The number of hydrogen-bond donors (Lipinski definition) is 1. The third-order valence-corrected chi connectivity index (χ3v) is 3.86. The Labute approximate surface area is 104 Å². The highest BCUT2D eigenvalue weighted by molar-refractivity contribution is 7.19. The smallest absolute Gasteiger partial charge is 0.124 e. The summed E-state index contributed by atoms with van der Waals surface area (Å²) in [7, 11) is 1.68. The molecule has 1 aromatic carbocycles. The van der Waals surface area contributed by atoms with Crippen molar-refractivity contribution in [2.75, 3.05) is 13.7 Å². The van der Waals surface area contributed by atoms with E-state index < -0.39 is 0 Å². The second kappa shape index (κ2) is 5.58. The molecule has 1 N–H and O–H groups in total. The van der Waals surface area contributed by atoms with Crippen LogP contribution in [0.3, 0.4) is 0 Å². The lowest BCUT2D eigenvalue weighted by Gasteiger charge is -2.03. The topological polar surface area (TPSA) is 21.3 Å². The molecule has 0 aliphatic heterocycles. The highest BCUT2D eigenvalue weighted by atomic mass is 32.1. The Morgan fingerprint density at radius 1 is 1.41 bits per heavy atom. The van der Waals surface area contributed by atoms with Crippen molar-refractivity contribution in [2.45, 2.75) is 20.1 Å². The molecule has 0 atom stereocenters. The molecule has 0 aliphatic rings. The first-order valence-electron chi connectivity index (χ1n) is 5.65. The molecule has 4 heteroatoms. The van der Waals surface area contributed by atoms with E-state index in [-0.39, 0.29) is 5.82 Å². The number of hydrogen-bond acceptors (Lipinski definition) is 3. The molecule has 0 radical (unpaired) electrons. The maximum atomic E-state index is 13.2. The zero-order chi connectivity index (χ0) is 12.3. The molecule has 0 saturated carbocycles. The zero-order valence-electron chi connectivity index (χ0n) is 10.0. The first kappa shape index (κ1) is 12.5. The summed E-state index contributed by atoms with van der Waals surface area (Å²) in [6.45, 7) is 4.39. The largest absolute Gasteiger partial charge is 0.380 e. The summed E-state index contributed by atoms with van der Waals surface area (Å²) >= 11 is 1.64. The summed E-state index contributed by atoms with van der Waals surface area (Å²) in [5.41, 5.74) is 1.17. The van der Waals surface area contributed by atoms with Gasteiger partial charge in [0.05, 0.1) is 6.61 Å². The van der Waals surface area contributed by atoms with E-state index in [1.165, 1.54) is 16.5 Å². The predicted molar refractivity (Wildman–Crippen MR) is 69.9 cm³/mol. The van der Waals surface area contributed by atoms with Crippen molar-refractivity contribution in [3.8, 4) is 0 Å². The monoisotopic (exact) mass is 253 g/mol. The van der Waals surface area contributed by atoms with Gasteiger partial charge in [-0.25, -0.2) is 4.39 Å². The van der Waals surface area contributed by atoms with E-state index in [9.17, 15) is 4.39 Å². The lowest BCUT2D eigenvalue weighted by atomic mass is 10.1. The van der Waals surface area contributed by atoms with Crippen LogP contribution >= 0.6 is 11.3 Å². The van der Waals surface area contributed by atoms with Crippen LogP contribution in [0.2, 0.25) is 0 Å². The van der Waals surface area contributed by atoms with Crippen LogP contribution in [0.25, 0.3) is 10.1 Å². The molecule has 0 saturated heterocycles. The number of nitrogens with one attached hydrogen (secondary N) is 1. The highest BCUT2D eigenvalue weighted by Gasteiger charge is 2.12. The van der Waals surface area contributed by atoms with Gasteiger partial charge in [0.15, 0.2) is 0 Å². The highest BCUT2D eigenvalue weighted by Crippen LogP contribution is 2.32. The van der Waals surface area contributed by atoms with Crippen LogP contribution in [0.5, 0.6) is 0 Å². The molecule has 92 valence electrons. The number of ether oxygens (including phenoxy) is 1. The minimum atomic E-state index is -0.183. The quantitative estimate of drug-likeness (QED) is 0.882. The van der Waals surface area contributed by atoms with Crippen LogP contribution in [0.4, 0.5) is 4.39 Å². The van der Waals surface area contributed by atoms with Crippen molar-refractivity contribution in [3.05, 3.63) is 34.5 Å². The Bertz CT molecular complexity index is 509. The molecular weight excluding hydrogens is 237 g/mol. The fraction of sp³-hybridized carbons (Fsp3) is 0.385. The molecular formula is C13H16FNOS. The van der Waals surface area contributed by atoms with Gasteiger partial charge in [-0.05, 0) is 24.1 Å². The van der Waals surface area contributed by atoms with Crippen LogP contribution in [0.15, 0.2) is 18.2 Å². The van der Waals surface area contributed by atoms with Gasteiger partial charge in [-0.3, -0.25) is 0 Å². The fourth-order valence-electron chi connectivity index (χ4n) is 1.86. The summed E-state index contributed by atoms with van der Waals surface area (Å²) in [4.78, 5) is 1.23. The second-order valence-electron chi connectivity index (χ2n) is 3.86. The molecule has 1 aromatic heterocycles. The standard InChI is InChI=1S/C13H16FNOS/c1-3-15-7-13-11(8-16-2)10-5-4-9(14)6-12(10)17-13/h4-6,15H,3,7-8H2,1-2H3. The summed E-state index contributed by atoms with van der Waals surface area (Å²) < 4.78 is 19.4. The van der Waals surface area contributed by atoms with Gasteiger partial charge in [-0.2, -0.15) is 0 Å². The molecule has 0 fully saturated rings. The number of rotatable bonds is 5. The lowest BCUT2D eigenvalue weighted by molar-refractivity contribution is 0.185. The summed E-state index contributed by atoms with van der Waals surface area (Å²) in [5.74, 6) is -0.183. The molecule has 0 aliphatic carbocycles. The number of methoxy groups -OCH3 is 1. The minimum absolute atomic E-state index is 0.183. The predicted octanol–water partition coefficient (Wildman–Crippen LogP) is 3.30. The molecule has 1 heterocycles. The van der Waals surface area contributed by atoms with Crippen LogP contribution in [0.1, 0.15) is 17.4 Å². The normalized spacial score (nSPS) is 11.2. The average Bonchev–Trinajstić information content (AvgIpc) is 2.64. The number of thiophene rings is 1. The van der Waals surface area contributed by atoms with Crippen LogP contribution < -0.4 is 5.32 Å². The molecule has 2 rings (SSSR count). The van der Waals surface area contributed by atoms with Gasteiger partial charge >= 0.3 is 0 Å². The van der Waals surface area contributed by atoms with Gasteiger partial charge in [-0.1, -0.05) is 13.0 Å². The van der Waals surface area contributed by atoms with Gasteiger partial charge in [0.2, 0.25) is 0 Å². The number of fused-ring (bicyclic) bond motifs is 1. The third-order valence-electron chi connectivity index (χ3n) is 2.66. The van der Waals surface area contributed by atoms with E-state index in [0.717, 1.165) is 23.2 Å². The molecule has 0 bridgehead atoms. The fourth-order valence-corrected chi connectivity index (χ4v) is 3.06. The van der Waals surface area contributed by atoms with E-state index in [0.29, 0.717) is 6.61 Å². The van der Waals surface area contributed by atoms with Crippen molar-refractivity contribution >= 4 is 21.4 Å². The van der Waals surface area contributed by atoms with Gasteiger partial charge in [0, 0.05) is 28.8 Å². The molecule has 17 heavy (non-hydrogen) atoms. The van der Waals surface area contributed by atoms with Crippen molar-refractivity contribution in [1.29, 1.82) is 0 Å². The van der Waals surface area contributed by atoms with Gasteiger partial charge < -0.3 is 10.1 Å². The molecule has 0 spiro atoms. The van der Waals surface area contributed by atoms with Crippen LogP contribution in [-0.2, 0) is 17.9 Å². The Balaban J connectivity index is 2.45. The van der Waals surface area contributed by atoms with Gasteiger partial charge in [0.1, 0.15) is 5.82 Å². The maximum absolute atomic E-state index is 13.2. The Morgan fingerprint density at radius 3 is 2.94 bits per heavy atom. The third kappa shape index (κ3) is 2.65. The van der Waals surface area contributed by atoms with E-state index in [1.807, 2.05) is 6.07 Å². The van der Waals surface area contributed by atoms with Crippen LogP contribution in [0, 0.1) is 5.82 Å². The molecule has 0 unspecified atom stereocenters. The SMILES string of the molecule is CCNCc1sc2cc(F)ccc2c1COC. The Kier molecular flexibility index (Phi) is 4.10. The lowest BCUT2D eigenvalue weighted by Crippen LogP contribution is -2.11. The van der Waals surface area contributed by atoms with E-state index in [1.54, 1.807) is 24.5 Å². The summed E-state index contributed by atoms with van der Waals surface area (Å²) in [6.07, 6.45) is 0. The average molecular weight is 253 g/mol. The minimum Gasteiger partial charge on any atom is -0.380 e.